The zero-order chi connectivity index (χ0) is 17.7. The summed E-state index contributed by atoms with van der Waals surface area (Å²) in [5.74, 6) is 0.792. The molecule has 1 saturated heterocycles. The second-order valence-corrected chi connectivity index (χ2v) is 7.85. The molecule has 0 aromatic heterocycles. The van der Waals surface area contributed by atoms with Gasteiger partial charge in [-0.3, -0.25) is 4.79 Å². The van der Waals surface area contributed by atoms with E-state index in [4.69, 9.17) is 9.47 Å². The van der Waals surface area contributed by atoms with E-state index in [1.54, 1.807) is 20.3 Å². The number of hydrogen-bond donors (Lipinski definition) is 1. The smallest absolute Gasteiger partial charge is 0.224 e. The van der Waals surface area contributed by atoms with Crippen LogP contribution in [0.4, 0.5) is 0 Å². The molecule has 0 radical (unpaired) electrons. The van der Waals surface area contributed by atoms with Gasteiger partial charge in [-0.05, 0) is 30.5 Å². The fraction of sp³-hybridized carbons (Fsp3) is 0.562. The summed E-state index contributed by atoms with van der Waals surface area (Å²) in [4.78, 5) is 12.3. The summed E-state index contributed by atoms with van der Waals surface area (Å²) in [6.07, 6.45) is 2.57. The van der Waals surface area contributed by atoms with Gasteiger partial charge in [0.15, 0.2) is 11.5 Å². The third kappa shape index (κ3) is 4.61. The molecule has 2 rings (SSSR count). The van der Waals surface area contributed by atoms with Crippen molar-refractivity contribution in [2.45, 2.75) is 19.4 Å². The summed E-state index contributed by atoms with van der Waals surface area (Å²) >= 11 is 0. The number of carbonyl (C=O) groups is 1. The Balaban J connectivity index is 1.95. The van der Waals surface area contributed by atoms with Crippen molar-refractivity contribution in [3.63, 3.8) is 0 Å². The molecule has 1 fully saturated rings. The van der Waals surface area contributed by atoms with Crippen LogP contribution in [-0.2, 0) is 21.4 Å². The van der Waals surface area contributed by atoms with Gasteiger partial charge in [-0.1, -0.05) is 6.07 Å². The minimum Gasteiger partial charge on any atom is -0.493 e. The third-order valence-electron chi connectivity index (χ3n) is 4.14. The molecule has 24 heavy (non-hydrogen) atoms. The van der Waals surface area contributed by atoms with Crippen molar-refractivity contribution in [2.24, 2.45) is 5.92 Å². The first-order valence-corrected chi connectivity index (χ1v) is 9.63. The molecule has 0 unspecified atom stereocenters. The fourth-order valence-electron chi connectivity index (χ4n) is 2.78. The molecule has 1 aliphatic rings. The van der Waals surface area contributed by atoms with Gasteiger partial charge >= 0.3 is 0 Å². The third-order valence-corrected chi connectivity index (χ3v) is 5.41. The zero-order valence-corrected chi connectivity index (χ0v) is 15.1. The number of nitrogens with one attached hydrogen (secondary N) is 1. The lowest BCUT2D eigenvalue weighted by Gasteiger charge is -2.30. The van der Waals surface area contributed by atoms with Gasteiger partial charge in [0.1, 0.15) is 0 Å². The van der Waals surface area contributed by atoms with Crippen LogP contribution in [0.25, 0.3) is 0 Å². The topological polar surface area (TPSA) is 84.9 Å². The molecule has 1 atom stereocenters. The maximum atomic E-state index is 12.3. The van der Waals surface area contributed by atoms with Gasteiger partial charge < -0.3 is 14.8 Å². The predicted octanol–water partition coefficient (Wildman–Crippen LogP) is 0.992. The first-order chi connectivity index (χ1) is 11.3. The van der Waals surface area contributed by atoms with Crippen LogP contribution in [0.15, 0.2) is 18.2 Å². The number of piperidine rings is 1. The van der Waals surface area contributed by atoms with Crippen LogP contribution in [0.5, 0.6) is 11.5 Å². The van der Waals surface area contributed by atoms with E-state index in [0.717, 1.165) is 5.56 Å². The molecule has 8 heteroatoms. The second-order valence-electron chi connectivity index (χ2n) is 5.87. The number of carbonyl (C=O) groups excluding carboxylic acids is 1. The maximum Gasteiger partial charge on any atom is 0.224 e. The lowest BCUT2D eigenvalue weighted by molar-refractivity contribution is -0.126. The average Bonchev–Trinajstić information content (AvgIpc) is 2.58. The highest BCUT2D eigenvalue weighted by molar-refractivity contribution is 7.88. The van der Waals surface area contributed by atoms with E-state index in [9.17, 15) is 13.2 Å². The van der Waals surface area contributed by atoms with Gasteiger partial charge in [0.2, 0.25) is 15.9 Å². The molecule has 1 heterocycles. The van der Waals surface area contributed by atoms with Crippen LogP contribution >= 0.6 is 0 Å². The molecule has 0 spiro atoms. The van der Waals surface area contributed by atoms with Crippen molar-refractivity contribution in [3.8, 4) is 11.5 Å². The molecular formula is C16H24N2O5S. The lowest BCUT2D eigenvalue weighted by atomic mass is 9.98. The van der Waals surface area contributed by atoms with Crippen LogP contribution in [0, 0.1) is 5.92 Å². The number of nitrogens with zero attached hydrogens (tertiary/aromatic N) is 1. The summed E-state index contributed by atoms with van der Waals surface area (Å²) in [7, 11) is -0.130. The summed E-state index contributed by atoms with van der Waals surface area (Å²) in [5.41, 5.74) is 0.886. The number of sulfonamides is 1. The Bertz CT molecular complexity index is 690. The van der Waals surface area contributed by atoms with Gasteiger partial charge in [-0.15, -0.1) is 0 Å². The molecule has 134 valence electrons. The van der Waals surface area contributed by atoms with Crippen molar-refractivity contribution in [3.05, 3.63) is 23.8 Å². The molecular weight excluding hydrogens is 332 g/mol. The number of benzene rings is 1. The molecule has 1 N–H and O–H groups in total. The Morgan fingerprint density at radius 3 is 2.62 bits per heavy atom. The minimum absolute atomic E-state index is 0.127. The van der Waals surface area contributed by atoms with Crippen LogP contribution < -0.4 is 14.8 Å². The average molecular weight is 356 g/mol. The van der Waals surface area contributed by atoms with Crippen LogP contribution in [0.3, 0.4) is 0 Å². The summed E-state index contributed by atoms with van der Waals surface area (Å²) in [5, 5.41) is 2.87. The Morgan fingerprint density at radius 1 is 1.29 bits per heavy atom. The van der Waals surface area contributed by atoms with Crippen molar-refractivity contribution < 1.29 is 22.7 Å². The molecule has 1 amide bonds. The van der Waals surface area contributed by atoms with E-state index in [-0.39, 0.29) is 18.4 Å². The lowest BCUT2D eigenvalue weighted by Crippen LogP contribution is -2.44. The van der Waals surface area contributed by atoms with E-state index in [2.05, 4.69) is 5.32 Å². The number of amides is 1. The quantitative estimate of drug-likeness (QED) is 0.822. The summed E-state index contributed by atoms with van der Waals surface area (Å²) in [6, 6.07) is 5.44. The Kier molecular flexibility index (Phi) is 6.06. The first-order valence-electron chi connectivity index (χ1n) is 7.79. The Morgan fingerprint density at radius 2 is 2.00 bits per heavy atom. The van der Waals surface area contributed by atoms with Crippen LogP contribution in [0.2, 0.25) is 0 Å². The van der Waals surface area contributed by atoms with E-state index in [1.165, 1.54) is 10.6 Å². The Hall–Kier alpha value is -1.80. The van der Waals surface area contributed by atoms with Crippen molar-refractivity contribution in [1.29, 1.82) is 0 Å². The highest BCUT2D eigenvalue weighted by Crippen LogP contribution is 2.27. The number of hydrogen-bond acceptors (Lipinski definition) is 5. The largest absolute Gasteiger partial charge is 0.493 e. The fourth-order valence-corrected chi connectivity index (χ4v) is 3.69. The second kappa shape index (κ2) is 7.85. The number of ether oxygens (including phenoxy) is 2. The molecule has 0 aliphatic carbocycles. The molecule has 1 aromatic rings. The van der Waals surface area contributed by atoms with Crippen LogP contribution in [-0.4, -0.2) is 52.2 Å². The van der Waals surface area contributed by atoms with Crippen LogP contribution in [0.1, 0.15) is 18.4 Å². The van der Waals surface area contributed by atoms with E-state index in [1.807, 2.05) is 12.1 Å². The van der Waals surface area contributed by atoms with Crippen molar-refractivity contribution in [1.82, 2.24) is 9.62 Å². The normalized spacial score (nSPS) is 18.9. The Labute approximate surface area is 143 Å². The monoisotopic (exact) mass is 356 g/mol. The molecule has 0 bridgehead atoms. The van der Waals surface area contributed by atoms with E-state index < -0.39 is 10.0 Å². The highest BCUT2D eigenvalue weighted by Gasteiger charge is 2.29. The highest BCUT2D eigenvalue weighted by atomic mass is 32.2. The van der Waals surface area contributed by atoms with E-state index >= 15 is 0 Å². The SMILES string of the molecule is COc1ccc(CNC(=O)[C@H]2CCCN(S(C)(=O)=O)C2)cc1OC. The standard InChI is InChI=1S/C16H24N2O5S/c1-22-14-7-6-12(9-15(14)23-2)10-17-16(19)13-5-4-8-18(11-13)24(3,20)21/h6-7,9,13H,4-5,8,10-11H2,1-3H3,(H,17,19)/t13-/m0/s1. The maximum absolute atomic E-state index is 12.3. The molecule has 7 nitrogen and oxygen atoms in total. The van der Waals surface area contributed by atoms with Gasteiger partial charge in [0, 0.05) is 19.6 Å². The van der Waals surface area contributed by atoms with Gasteiger partial charge in [-0.2, -0.15) is 0 Å². The number of rotatable bonds is 6. The van der Waals surface area contributed by atoms with Gasteiger partial charge in [0.25, 0.3) is 0 Å². The first kappa shape index (κ1) is 18.5. The summed E-state index contributed by atoms with van der Waals surface area (Å²) < 4.78 is 35.1. The van der Waals surface area contributed by atoms with E-state index in [0.29, 0.717) is 37.4 Å². The molecule has 1 aromatic carbocycles. The summed E-state index contributed by atoms with van der Waals surface area (Å²) in [6.45, 7) is 1.09. The van der Waals surface area contributed by atoms with Crippen molar-refractivity contribution in [2.75, 3.05) is 33.6 Å². The molecule has 0 saturated carbocycles. The predicted molar refractivity (Wildman–Crippen MR) is 90.5 cm³/mol. The number of methoxy groups -OCH3 is 2. The van der Waals surface area contributed by atoms with Gasteiger partial charge in [-0.25, -0.2) is 12.7 Å². The zero-order valence-electron chi connectivity index (χ0n) is 14.2. The van der Waals surface area contributed by atoms with Crippen molar-refractivity contribution >= 4 is 15.9 Å². The van der Waals surface area contributed by atoms with Gasteiger partial charge in [0.05, 0.1) is 26.4 Å². The molecule has 1 aliphatic heterocycles. The minimum atomic E-state index is -3.25.